The molecular formula is C17H15ClF4O4S. The van der Waals surface area contributed by atoms with Crippen molar-refractivity contribution in [2.24, 2.45) is 0 Å². The van der Waals surface area contributed by atoms with Crippen molar-refractivity contribution in [3.63, 3.8) is 0 Å². The molecule has 0 heterocycles. The third kappa shape index (κ3) is 5.33. The molecule has 0 fully saturated rings. The fraction of sp³-hybridized carbons (Fsp3) is 0.294. The molecule has 1 N–H and O–H groups in total. The van der Waals surface area contributed by atoms with Gasteiger partial charge in [-0.2, -0.15) is 0 Å². The zero-order valence-corrected chi connectivity index (χ0v) is 15.3. The van der Waals surface area contributed by atoms with Crippen LogP contribution in [0.2, 0.25) is 5.02 Å². The number of sulfone groups is 1. The first-order chi connectivity index (χ1) is 12.4. The number of hydrogen-bond donors (Lipinski definition) is 1. The van der Waals surface area contributed by atoms with Crippen LogP contribution in [0.4, 0.5) is 17.6 Å². The van der Waals surface area contributed by atoms with Gasteiger partial charge in [0.1, 0.15) is 23.4 Å². The van der Waals surface area contributed by atoms with Gasteiger partial charge in [0.15, 0.2) is 6.01 Å². The van der Waals surface area contributed by atoms with Crippen molar-refractivity contribution < 1.29 is 35.8 Å². The largest absolute Gasteiger partial charge is 0.457 e. The Bertz CT molecular complexity index is 889. The Morgan fingerprint density at radius 3 is 2.56 bits per heavy atom. The van der Waals surface area contributed by atoms with Crippen molar-refractivity contribution in [2.75, 3.05) is 6.01 Å². The molecule has 4 nitrogen and oxygen atoms in total. The standard InChI is InChI=1S/C17H15ClF4O4S/c1-10-8-17(21,22)16(23)7-14(27(24,25)9-19)2-3-15(10)26-13-5-11(18)4-12(20)6-13/h2-6,16,23H,1,7-9H2/b14-2+,15-3?/t16-/m0/s1. The number of ether oxygens (including phenoxy) is 1. The van der Waals surface area contributed by atoms with E-state index in [1.807, 2.05) is 0 Å². The molecule has 0 aliphatic heterocycles. The average molecular weight is 427 g/mol. The molecule has 0 spiro atoms. The smallest absolute Gasteiger partial charge is 0.277 e. The molecule has 1 aliphatic carbocycles. The molecule has 148 valence electrons. The summed E-state index contributed by atoms with van der Waals surface area (Å²) in [4.78, 5) is -0.731. The minimum absolute atomic E-state index is 0.0173. The number of halogens is 5. The van der Waals surface area contributed by atoms with Gasteiger partial charge in [0.05, 0.1) is 4.91 Å². The Hall–Kier alpha value is -1.84. The van der Waals surface area contributed by atoms with Crippen molar-refractivity contribution >= 4 is 21.4 Å². The van der Waals surface area contributed by atoms with E-state index in [1.54, 1.807) is 0 Å². The zero-order chi connectivity index (χ0) is 20.4. The van der Waals surface area contributed by atoms with E-state index in [-0.39, 0.29) is 22.1 Å². The van der Waals surface area contributed by atoms with E-state index in [1.165, 1.54) is 6.07 Å². The summed E-state index contributed by atoms with van der Waals surface area (Å²) in [6.07, 6.45) is -2.57. The third-order valence-corrected chi connectivity index (χ3v) is 5.31. The summed E-state index contributed by atoms with van der Waals surface area (Å²) >= 11 is 5.71. The minimum atomic E-state index is -4.50. The van der Waals surface area contributed by atoms with Crippen LogP contribution in [0.5, 0.6) is 5.75 Å². The first-order valence-electron chi connectivity index (χ1n) is 7.52. The first-order valence-corrected chi connectivity index (χ1v) is 9.55. The fourth-order valence-electron chi connectivity index (χ4n) is 2.31. The molecule has 0 amide bonds. The molecule has 1 aliphatic rings. The van der Waals surface area contributed by atoms with Gasteiger partial charge in [-0.15, -0.1) is 0 Å². The van der Waals surface area contributed by atoms with Crippen molar-refractivity contribution in [2.45, 2.75) is 24.9 Å². The topological polar surface area (TPSA) is 63.6 Å². The molecule has 0 saturated carbocycles. The Balaban J connectivity index is 2.51. The van der Waals surface area contributed by atoms with Crippen molar-refractivity contribution in [3.8, 4) is 5.75 Å². The first kappa shape index (κ1) is 21.5. The number of allylic oxidation sites excluding steroid dienone is 3. The van der Waals surface area contributed by atoms with Crippen LogP contribution >= 0.6 is 11.6 Å². The van der Waals surface area contributed by atoms with E-state index in [9.17, 15) is 31.1 Å². The maximum absolute atomic E-state index is 14.2. The Morgan fingerprint density at radius 1 is 1.30 bits per heavy atom. The molecule has 10 heteroatoms. The lowest BCUT2D eigenvalue weighted by atomic mass is 10.0. The van der Waals surface area contributed by atoms with E-state index >= 15 is 0 Å². The van der Waals surface area contributed by atoms with Gasteiger partial charge in [0, 0.05) is 23.9 Å². The summed E-state index contributed by atoms with van der Waals surface area (Å²) in [7, 11) is -4.50. The molecule has 0 bridgehead atoms. The number of aliphatic hydroxyl groups excluding tert-OH is 1. The summed E-state index contributed by atoms with van der Waals surface area (Å²) < 4.78 is 83.5. The summed E-state index contributed by atoms with van der Waals surface area (Å²) in [6.45, 7) is 3.45. The highest BCUT2D eigenvalue weighted by molar-refractivity contribution is 7.95. The molecule has 1 atom stereocenters. The molecular weight excluding hydrogens is 412 g/mol. The number of aliphatic hydroxyl groups is 1. The Labute approximate surface area is 158 Å². The van der Waals surface area contributed by atoms with Gasteiger partial charge in [-0.25, -0.2) is 26.0 Å². The van der Waals surface area contributed by atoms with Gasteiger partial charge < -0.3 is 9.84 Å². The molecule has 27 heavy (non-hydrogen) atoms. The van der Waals surface area contributed by atoms with E-state index in [0.717, 1.165) is 24.3 Å². The Morgan fingerprint density at radius 2 is 1.96 bits per heavy atom. The third-order valence-electron chi connectivity index (χ3n) is 3.71. The highest BCUT2D eigenvalue weighted by atomic mass is 35.5. The fourth-order valence-corrected chi connectivity index (χ4v) is 3.34. The van der Waals surface area contributed by atoms with Crippen molar-refractivity contribution in [3.05, 3.63) is 64.0 Å². The second kappa shape index (κ2) is 8.04. The normalized spacial score (nSPS) is 22.7. The van der Waals surface area contributed by atoms with Crippen LogP contribution in [0, 0.1) is 5.82 Å². The van der Waals surface area contributed by atoms with Crippen molar-refractivity contribution in [1.29, 1.82) is 0 Å². The Kier molecular flexibility index (Phi) is 6.39. The van der Waals surface area contributed by atoms with Gasteiger partial charge in [-0.05, 0) is 29.9 Å². The number of hydrogen-bond acceptors (Lipinski definition) is 4. The lowest BCUT2D eigenvalue weighted by Gasteiger charge is -2.23. The van der Waals surface area contributed by atoms with Crippen LogP contribution in [0.25, 0.3) is 0 Å². The number of rotatable bonds is 4. The molecule has 1 aromatic rings. The second-order valence-electron chi connectivity index (χ2n) is 5.86. The van der Waals surface area contributed by atoms with Gasteiger partial charge in [-0.1, -0.05) is 18.2 Å². The average Bonchev–Trinajstić information content (AvgIpc) is 2.58. The molecule has 2 rings (SSSR count). The molecule has 0 radical (unpaired) electrons. The number of benzene rings is 1. The van der Waals surface area contributed by atoms with Crippen LogP contribution in [-0.2, 0) is 9.84 Å². The molecule has 1 aromatic carbocycles. The number of alkyl halides is 3. The summed E-state index contributed by atoms with van der Waals surface area (Å²) in [5.74, 6) is -4.95. The maximum Gasteiger partial charge on any atom is 0.277 e. The summed E-state index contributed by atoms with van der Waals surface area (Å²) in [6, 6.07) is 1.32. The summed E-state index contributed by atoms with van der Waals surface area (Å²) in [5.41, 5.74) is -0.283. The van der Waals surface area contributed by atoms with E-state index in [2.05, 4.69) is 6.58 Å². The quantitative estimate of drug-likeness (QED) is 0.728. The van der Waals surface area contributed by atoms with Crippen LogP contribution in [0.15, 0.2) is 53.2 Å². The molecule has 0 aromatic heterocycles. The van der Waals surface area contributed by atoms with Gasteiger partial charge in [0.25, 0.3) is 5.92 Å². The van der Waals surface area contributed by atoms with E-state index in [0.29, 0.717) is 0 Å². The lowest BCUT2D eigenvalue weighted by molar-refractivity contribution is -0.105. The van der Waals surface area contributed by atoms with Gasteiger partial charge in [-0.3, -0.25) is 0 Å². The molecule has 0 unspecified atom stereocenters. The monoisotopic (exact) mass is 426 g/mol. The minimum Gasteiger partial charge on any atom is -0.457 e. The van der Waals surface area contributed by atoms with E-state index < -0.39 is 51.4 Å². The van der Waals surface area contributed by atoms with Crippen LogP contribution < -0.4 is 4.74 Å². The van der Waals surface area contributed by atoms with Gasteiger partial charge >= 0.3 is 0 Å². The zero-order valence-electron chi connectivity index (χ0n) is 13.8. The van der Waals surface area contributed by atoms with E-state index in [4.69, 9.17) is 16.3 Å². The predicted molar refractivity (Wildman–Crippen MR) is 92.4 cm³/mol. The van der Waals surface area contributed by atoms with Gasteiger partial charge in [0.2, 0.25) is 9.84 Å². The highest BCUT2D eigenvalue weighted by Crippen LogP contribution is 2.36. The second-order valence-corrected chi connectivity index (χ2v) is 8.26. The van der Waals surface area contributed by atoms with Crippen LogP contribution in [-0.4, -0.2) is 31.6 Å². The molecule has 0 saturated heterocycles. The van der Waals surface area contributed by atoms with Crippen molar-refractivity contribution in [1.82, 2.24) is 0 Å². The van der Waals surface area contributed by atoms with Crippen LogP contribution in [0.3, 0.4) is 0 Å². The lowest BCUT2D eigenvalue weighted by Crippen LogP contribution is -2.35. The SMILES string of the molecule is C=C1CC(F)(F)[C@@H](O)C/C(S(=O)(=O)CF)=C\C=C1Oc1cc(F)cc(Cl)c1. The maximum atomic E-state index is 14.2. The summed E-state index contributed by atoms with van der Waals surface area (Å²) in [5, 5.41) is 9.70. The highest BCUT2D eigenvalue weighted by Gasteiger charge is 2.41. The predicted octanol–water partition coefficient (Wildman–Crippen LogP) is 4.31. The van der Waals surface area contributed by atoms with Crippen LogP contribution in [0.1, 0.15) is 12.8 Å².